The Labute approximate surface area is 149 Å². The van der Waals surface area contributed by atoms with Crippen molar-refractivity contribution in [3.05, 3.63) is 58.1 Å². The van der Waals surface area contributed by atoms with Gasteiger partial charge in [0.05, 0.1) is 22.9 Å². The topological polar surface area (TPSA) is 64.6 Å². The Kier molecular flexibility index (Phi) is 6.46. The van der Waals surface area contributed by atoms with Gasteiger partial charge in [0, 0.05) is 5.02 Å². The Morgan fingerprint density at radius 1 is 1.08 bits per heavy atom. The molecule has 0 radical (unpaired) electrons. The molecule has 0 unspecified atom stereocenters. The summed E-state index contributed by atoms with van der Waals surface area (Å²) in [5, 5.41) is 3.44. The molecule has 1 N–H and O–H groups in total. The van der Waals surface area contributed by atoms with Gasteiger partial charge in [0.1, 0.15) is 5.75 Å². The van der Waals surface area contributed by atoms with E-state index in [1.807, 2.05) is 0 Å². The number of rotatable bonds is 6. The van der Waals surface area contributed by atoms with Crippen LogP contribution in [-0.2, 0) is 9.53 Å². The number of carbonyl (C=O) groups is 2. The molecule has 0 aliphatic rings. The Morgan fingerprint density at radius 3 is 2.42 bits per heavy atom. The second-order valence-corrected chi connectivity index (χ2v) is 5.55. The largest absolute Gasteiger partial charge is 0.484 e. The number of amides is 1. The molecule has 0 atom stereocenters. The molecular formula is C17H15Cl2NO4. The van der Waals surface area contributed by atoms with Gasteiger partial charge in [-0.2, -0.15) is 0 Å². The molecule has 24 heavy (non-hydrogen) atoms. The van der Waals surface area contributed by atoms with Crippen molar-refractivity contribution < 1.29 is 19.1 Å². The molecule has 0 aromatic heterocycles. The van der Waals surface area contributed by atoms with Crippen molar-refractivity contribution in [3.63, 3.8) is 0 Å². The van der Waals surface area contributed by atoms with Crippen LogP contribution in [0.4, 0.5) is 5.69 Å². The Bertz CT molecular complexity index is 732. The third-order valence-corrected chi connectivity index (χ3v) is 3.50. The summed E-state index contributed by atoms with van der Waals surface area (Å²) < 4.78 is 10.2. The van der Waals surface area contributed by atoms with Crippen molar-refractivity contribution in [2.75, 3.05) is 18.5 Å². The highest BCUT2D eigenvalue weighted by atomic mass is 35.5. The minimum atomic E-state index is -0.469. The molecule has 0 bridgehead atoms. The summed E-state index contributed by atoms with van der Waals surface area (Å²) >= 11 is 11.8. The van der Waals surface area contributed by atoms with Crippen LogP contribution in [0.25, 0.3) is 0 Å². The lowest BCUT2D eigenvalue weighted by Gasteiger charge is -2.10. The van der Waals surface area contributed by atoms with E-state index in [4.69, 9.17) is 32.7 Å². The van der Waals surface area contributed by atoms with E-state index in [9.17, 15) is 9.59 Å². The molecule has 2 rings (SSSR count). The smallest absolute Gasteiger partial charge is 0.338 e. The molecular weight excluding hydrogens is 353 g/mol. The predicted molar refractivity (Wildman–Crippen MR) is 93.0 cm³/mol. The van der Waals surface area contributed by atoms with E-state index in [1.165, 1.54) is 18.2 Å². The fourth-order valence-electron chi connectivity index (χ4n) is 1.82. The molecule has 2 aromatic carbocycles. The van der Waals surface area contributed by atoms with Gasteiger partial charge in [0.2, 0.25) is 0 Å². The summed E-state index contributed by atoms with van der Waals surface area (Å²) in [6.07, 6.45) is 0. The first kappa shape index (κ1) is 18.1. The quantitative estimate of drug-likeness (QED) is 0.777. The Hall–Kier alpha value is -2.24. The number of ether oxygens (including phenoxy) is 2. The zero-order valence-electron chi connectivity index (χ0n) is 12.8. The van der Waals surface area contributed by atoms with Crippen molar-refractivity contribution in [3.8, 4) is 5.75 Å². The number of nitrogens with one attached hydrogen (secondary N) is 1. The fourth-order valence-corrected chi connectivity index (χ4v) is 2.18. The Morgan fingerprint density at radius 2 is 1.79 bits per heavy atom. The first-order valence-corrected chi connectivity index (χ1v) is 7.90. The summed E-state index contributed by atoms with van der Waals surface area (Å²) in [5.74, 6) is -0.322. The molecule has 0 saturated heterocycles. The van der Waals surface area contributed by atoms with Crippen molar-refractivity contribution in [2.24, 2.45) is 0 Å². The summed E-state index contributed by atoms with van der Waals surface area (Å²) in [6.45, 7) is 1.81. The standard InChI is InChI=1S/C17H15Cl2NO4/c1-2-23-17(22)11-3-8-15(14(19)9-11)20-16(21)10-24-13-6-4-12(18)5-7-13/h3-9H,2,10H2,1H3,(H,20,21). The van der Waals surface area contributed by atoms with Crippen LogP contribution in [0.2, 0.25) is 10.0 Å². The van der Waals surface area contributed by atoms with Crippen molar-refractivity contribution in [1.29, 1.82) is 0 Å². The summed E-state index contributed by atoms with van der Waals surface area (Å²) in [6, 6.07) is 11.2. The van der Waals surface area contributed by atoms with E-state index >= 15 is 0 Å². The summed E-state index contributed by atoms with van der Waals surface area (Å²) in [4.78, 5) is 23.5. The average molecular weight is 368 g/mol. The van der Waals surface area contributed by atoms with E-state index in [0.29, 0.717) is 22.0 Å². The number of halogens is 2. The van der Waals surface area contributed by atoms with Gasteiger partial charge in [-0.25, -0.2) is 4.79 Å². The van der Waals surface area contributed by atoms with Crippen molar-refractivity contribution >= 4 is 40.8 Å². The van der Waals surface area contributed by atoms with Crippen LogP contribution in [-0.4, -0.2) is 25.1 Å². The minimum Gasteiger partial charge on any atom is -0.484 e. The summed E-state index contributed by atoms with van der Waals surface area (Å²) in [7, 11) is 0. The molecule has 0 aliphatic heterocycles. The van der Waals surface area contributed by atoms with Crippen LogP contribution in [0.1, 0.15) is 17.3 Å². The van der Waals surface area contributed by atoms with Gasteiger partial charge in [-0.3, -0.25) is 4.79 Å². The van der Waals surface area contributed by atoms with Gasteiger partial charge in [-0.1, -0.05) is 23.2 Å². The third-order valence-electron chi connectivity index (χ3n) is 2.94. The van der Waals surface area contributed by atoms with Crippen LogP contribution in [0.3, 0.4) is 0 Å². The second-order valence-electron chi connectivity index (χ2n) is 4.71. The SMILES string of the molecule is CCOC(=O)c1ccc(NC(=O)COc2ccc(Cl)cc2)c(Cl)c1. The molecule has 0 aliphatic carbocycles. The molecule has 126 valence electrons. The van der Waals surface area contributed by atoms with Gasteiger partial charge in [-0.15, -0.1) is 0 Å². The molecule has 0 heterocycles. The predicted octanol–water partition coefficient (Wildman–Crippen LogP) is 4.19. The van der Waals surface area contributed by atoms with E-state index in [2.05, 4.69) is 5.32 Å². The van der Waals surface area contributed by atoms with Crippen molar-refractivity contribution in [2.45, 2.75) is 6.92 Å². The maximum atomic E-state index is 11.9. The number of esters is 1. The molecule has 0 saturated carbocycles. The molecule has 1 amide bonds. The van der Waals surface area contributed by atoms with Gasteiger partial charge in [0.15, 0.2) is 6.61 Å². The van der Waals surface area contributed by atoms with E-state index in [-0.39, 0.29) is 24.1 Å². The number of hydrogen-bond donors (Lipinski definition) is 1. The van der Waals surface area contributed by atoms with E-state index in [0.717, 1.165) is 0 Å². The average Bonchev–Trinajstić information content (AvgIpc) is 2.56. The third kappa shape index (κ3) is 5.15. The van der Waals surface area contributed by atoms with Crippen LogP contribution >= 0.6 is 23.2 Å². The normalized spacial score (nSPS) is 10.1. The zero-order chi connectivity index (χ0) is 17.5. The van der Waals surface area contributed by atoms with Crippen LogP contribution in [0, 0.1) is 0 Å². The molecule has 2 aromatic rings. The van der Waals surface area contributed by atoms with Gasteiger partial charge < -0.3 is 14.8 Å². The highest BCUT2D eigenvalue weighted by Gasteiger charge is 2.11. The van der Waals surface area contributed by atoms with Gasteiger partial charge in [-0.05, 0) is 49.4 Å². The number of carbonyl (C=O) groups excluding carboxylic acids is 2. The Balaban J connectivity index is 1.93. The second kappa shape index (κ2) is 8.57. The van der Waals surface area contributed by atoms with Crippen LogP contribution < -0.4 is 10.1 Å². The van der Waals surface area contributed by atoms with Gasteiger partial charge >= 0.3 is 5.97 Å². The monoisotopic (exact) mass is 367 g/mol. The van der Waals surface area contributed by atoms with Crippen LogP contribution in [0.5, 0.6) is 5.75 Å². The molecule has 0 fully saturated rings. The molecule has 5 nitrogen and oxygen atoms in total. The maximum Gasteiger partial charge on any atom is 0.338 e. The highest BCUT2D eigenvalue weighted by molar-refractivity contribution is 6.34. The molecule has 0 spiro atoms. The lowest BCUT2D eigenvalue weighted by Crippen LogP contribution is -2.20. The first-order valence-electron chi connectivity index (χ1n) is 7.14. The first-order chi connectivity index (χ1) is 11.5. The lowest BCUT2D eigenvalue weighted by atomic mass is 10.2. The van der Waals surface area contributed by atoms with Gasteiger partial charge in [0.25, 0.3) is 5.91 Å². The number of benzene rings is 2. The van der Waals surface area contributed by atoms with Crippen LogP contribution in [0.15, 0.2) is 42.5 Å². The van der Waals surface area contributed by atoms with E-state index < -0.39 is 5.97 Å². The summed E-state index contributed by atoms with van der Waals surface area (Å²) in [5.41, 5.74) is 0.701. The fraction of sp³-hybridized carbons (Fsp3) is 0.176. The number of hydrogen-bond acceptors (Lipinski definition) is 4. The zero-order valence-corrected chi connectivity index (χ0v) is 14.4. The maximum absolute atomic E-state index is 11.9. The van der Waals surface area contributed by atoms with E-state index in [1.54, 1.807) is 31.2 Å². The highest BCUT2D eigenvalue weighted by Crippen LogP contribution is 2.23. The lowest BCUT2D eigenvalue weighted by molar-refractivity contribution is -0.118. The number of anilines is 1. The van der Waals surface area contributed by atoms with Crippen molar-refractivity contribution in [1.82, 2.24) is 0 Å². The molecule has 7 heteroatoms. The minimum absolute atomic E-state index is 0.183.